The summed E-state index contributed by atoms with van der Waals surface area (Å²) in [7, 11) is -0.792. The van der Waals surface area contributed by atoms with E-state index in [9.17, 15) is 27.6 Å². The molecule has 2 aromatic carbocycles. The summed E-state index contributed by atoms with van der Waals surface area (Å²) in [6.45, 7) is 9.16. The number of nitrogens with zero attached hydrogens (tertiary/aromatic N) is 1. The number of ether oxygens (including phenoxy) is 3. The molecule has 0 unspecified atom stereocenters. The minimum atomic E-state index is -3.90. The number of carbonyl (C=O) groups is 4. The highest BCUT2D eigenvalue weighted by atomic mass is 32.2. The Morgan fingerprint density at radius 2 is 1.84 bits per heavy atom. The normalized spacial score (nSPS) is 28.8. The van der Waals surface area contributed by atoms with E-state index in [0.29, 0.717) is 30.6 Å². The van der Waals surface area contributed by atoms with Gasteiger partial charge in [-0.1, -0.05) is 51.1 Å². The summed E-state index contributed by atoms with van der Waals surface area (Å²) >= 11 is 0. The highest BCUT2D eigenvalue weighted by molar-refractivity contribution is 7.91. The van der Waals surface area contributed by atoms with Crippen LogP contribution in [0.25, 0.3) is 16.8 Å². The van der Waals surface area contributed by atoms with Gasteiger partial charge in [0.05, 0.1) is 25.5 Å². The first-order valence-corrected chi connectivity index (χ1v) is 18.7. The second-order valence-corrected chi connectivity index (χ2v) is 17.0. The zero-order valence-corrected chi connectivity index (χ0v) is 30.4. The molecule has 51 heavy (non-hydrogen) atoms. The van der Waals surface area contributed by atoms with Crippen LogP contribution in [0.2, 0.25) is 0 Å². The van der Waals surface area contributed by atoms with E-state index in [4.69, 9.17) is 14.2 Å². The topological polar surface area (TPSA) is 169 Å². The first-order chi connectivity index (χ1) is 24.1. The van der Waals surface area contributed by atoms with Crippen LogP contribution in [0.4, 0.5) is 4.79 Å². The Balaban J connectivity index is 1.42. The predicted octanol–water partition coefficient (Wildman–Crippen LogP) is 3.52. The van der Waals surface area contributed by atoms with Crippen LogP contribution in [0.15, 0.2) is 49.1 Å². The van der Waals surface area contributed by atoms with Gasteiger partial charge in [0, 0.05) is 25.0 Å². The Hall–Kier alpha value is -4.43. The van der Waals surface area contributed by atoms with E-state index in [1.807, 2.05) is 42.5 Å². The van der Waals surface area contributed by atoms with E-state index in [0.717, 1.165) is 16.3 Å². The van der Waals surface area contributed by atoms with E-state index in [2.05, 4.69) is 21.9 Å². The second-order valence-electron chi connectivity index (χ2n) is 15.0. The van der Waals surface area contributed by atoms with Gasteiger partial charge in [0.25, 0.3) is 5.91 Å². The Morgan fingerprint density at radius 1 is 1.10 bits per heavy atom. The van der Waals surface area contributed by atoms with Gasteiger partial charge in [-0.15, -0.1) is 6.58 Å². The molecule has 5 atom stereocenters. The van der Waals surface area contributed by atoms with E-state index in [1.165, 1.54) is 18.1 Å². The third-order valence-corrected chi connectivity index (χ3v) is 12.3. The Morgan fingerprint density at radius 3 is 2.47 bits per heavy atom. The molecule has 3 fully saturated rings. The van der Waals surface area contributed by atoms with Gasteiger partial charge in [0.15, 0.2) is 0 Å². The lowest BCUT2D eigenvalue weighted by molar-refractivity contribution is -0.143. The maximum Gasteiger partial charge on any atom is 0.407 e. The van der Waals surface area contributed by atoms with E-state index >= 15 is 0 Å². The number of rotatable bonds is 8. The zero-order valence-electron chi connectivity index (χ0n) is 29.6. The molecule has 13 nitrogen and oxygen atoms in total. The van der Waals surface area contributed by atoms with Gasteiger partial charge in [-0.3, -0.25) is 19.1 Å². The average molecular weight is 723 g/mol. The molecular weight excluding hydrogens is 676 g/mol. The van der Waals surface area contributed by atoms with Crippen molar-refractivity contribution in [2.45, 2.75) is 81.3 Å². The van der Waals surface area contributed by atoms with Crippen molar-refractivity contribution in [1.29, 1.82) is 0 Å². The lowest BCUT2D eigenvalue weighted by Crippen LogP contribution is -2.60. The molecule has 2 heterocycles. The molecule has 4 aliphatic rings. The van der Waals surface area contributed by atoms with Gasteiger partial charge in [0.1, 0.15) is 29.0 Å². The molecular formula is C37H46N4O9S. The molecule has 5 bridgehead atoms. The van der Waals surface area contributed by atoms with Crippen molar-refractivity contribution in [3.8, 4) is 5.75 Å². The number of benzene rings is 2. The number of methoxy groups -OCH3 is 2. The summed E-state index contributed by atoms with van der Waals surface area (Å²) in [5, 5.41) is 6.69. The van der Waals surface area contributed by atoms with E-state index in [-0.39, 0.29) is 26.0 Å². The van der Waals surface area contributed by atoms with Crippen molar-refractivity contribution in [2.24, 2.45) is 11.3 Å². The maximum atomic E-state index is 14.6. The summed E-state index contributed by atoms with van der Waals surface area (Å²) in [6, 6.07) is 7.41. The molecule has 2 saturated carbocycles. The third kappa shape index (κ3) is 6.95. The number of sulfonamides is 1. The first kappa shape index (κ1) is 36.4. The summed E-state index contributed by atoms with van der Waals surface area (Å²) in [6.07, 6.45) is 5.98. The van der Waals surface area contributed by atoms with Crippen LogP contribution in [-0.4, -0.2) is 87.4 Å². The number of carbonyl (C=O) groups excluding carboxylic acids is 4. The molecule has 0 aromatic heterocycles. The largest absolute Gasteiger partial charge is 0.496 e. The van der Waals surface area contributed by atoms with Gasteiger partial charge < -0.3 is 29.7 Å². The fourth-order valence-electron chi connectivity index (χ4n) is 7.12. The molecule has 3 N–H and O–H groups in total. The fourth-order valence-corrected chi connectivity index (χ4v) is 8.48. The van der Waals surface area contributed by atoms with Crippen LogP contribution in [0.1, 0.15) is 64.0 Å². The lowest BCUT2D eigenvalue weighted by Gasteiger charge is -2.35. The molecule has 4 amide bonds. The van der Waals surface area contributed by atoms with Crippen molar-refractivity contribution in [3.05, 3.63) is 60.2 Å². The number of hydrogen-bond acceptors (Lipinski definition) is 9. The molecule has 2 aliphatic carbocycles. The molecule has 2 aromatic rings. The van der Waals surface area contributed by atoms with Crippen molar-refractivity contribution < 1.29 is 41.8 Å². The third-order valence-electron chi connectivity index (χ3n) is 10.5. The number of nitrogens with one attached hydrogen (secondary N) is 3. The quantitative estimate of drug-likeness (QED) is 0.345. The highest BCUT2D eigenvalue weighted by Gasteiger charge is 2.62. The Kier molecular flexibility index (Phi) is 9.47. The van der Waals surface area contributed by atoms with Crippen LogP contribution in [0.5, 0.6) is 5.75 Å². The van der Waals surface area contributed by atoms with Gasteiger partial charge >= 0.3 is 6.09 Å². The standard InChI is InChI=1S/C37H46N4O9S/c1-7-25-19-37(25,33(44)40-51(46,47)27-13-14-27)39-31(42)28-20-36(49-6)21-41(28)32(43)30(35(2,3)4)38-34(45)50-15-9-8-10-23-16-24-17-26(36)12-11-22(24)18-29(23)48-5/h7-8,10-12,16-18,25,27-28,30H,1,9,13-15,19-21H2,2-6H3,(H,38,45)(H,39,42)(H,40,44)/b10-8-/t25-,28+,30-,36+,37-/m1/s1. The number of cyclic esters (lactones) is 1. The van der Waals surface area contributed by atoms with Crippen molar-refractivity contribution >= 4 is 50.7 Å². The summed E-state index contributed by atoms with van der Waals surface area (Å²) in [5.74, 6) is -1.90. The highest BCUT2D eigenvalue weighted by Crippen LogP contribution is 2.47. The van der Waals surface area contributed by atoms with E-state index < -0.39 is 73.6 Å². The second kappa shape index (κ2) is 13.3. The lowest BCUT2D eigenvalue weighted by atomic mass is 9.85. The molecule has 14 heteroatoms. The van der Waals surface area contributed by atoms with Crippen LogP contribution < -0.4 is 20.1 Å². The Bertz CT molecular complexity index is 1920. The monoisotopic (exact) mass is 722 g/mol. The predicted molar refractivity (Wildman–Crippen MR) is 190 cm³/mol. The van der Waals surface area contributed by atoms with Crippen molar-refractivity contribution in [3.63, 3.8) is 0 Å². The van der Waals surface area contributed by atoms with Crippen LogP contribution >= 0.6 is 0 Å². The van der Waals surface area contributed by atoms with Gasteiger partial charge in [-0.25, -0.2) is 13.2 Å². The molecule has 6 rings (SSSR count). The fraction of sp³-hybridized carbons (Fsp3) is 0.514. The summed E-state index contributed by atoms with van der Waals surface area (Å²) in [4.78, 5) is 57.0. The van der Waals surface area contributed by atoms with Crippen molar-refractivity contribution in [1.82, 2.24) is 20.3 Å². The minimum absolute atomic E-state index is 0.00757. The number of amides is 4. The molecule has 0 radical (unpaired) electrons. The molecule has 1 saturated heterocycles. The number of alkyl carbamates (subject to hydrolysis) is 1. The van der Waals surface area contributed by atoms with Crippen LogP contribution in [0.3, 0.4) is 0 Å². The summed E-state index contributed by atoms with van der Waals surface area (Å²) < 4.78 is 44.9. The van der Waals surface area contributed by atoms with Crippen LogP contribution in [-0.2, 0) is 39.5 Å². The van der Waals surface area contributed by atoms with Crippen molar-refractivity contribution in [2.75, 3.05) is 27.4 Å². The summed E-state index contributed by atoms with van der Waals surface area (Å²) in [5.41, 5.74) is -2.02. The Labute approximate surface area is 298 Å². The smallest absolute Gasteiger partial charge is 0.407 e. The average Bonchev–Trinajstić information content (AvgIpc) is 4.01. The number of fused-ring (bicyclic) bond motifs is 5. The first-order valence-electron chi connectivity index (χ1n) is 17.2. The minimum Gasteiger partial charge on any atom is -0.496 e. The van der Waals surface area contributed by atoms with Crippen LogP contribution in [0, 0.1) is 11.3 Å². The number of hydrogen-bond donors (Lipinski definition) is 3. The molecule has 274 valence electrons. The maximum absolute atomic E-state index is 14.6. The molecule has 2 aliphatic heterocycles. The molecule has 0 spiro atoms. The zero-order chi connectivity index (χ0) is 36.9. The van der Waals surface area contributed by atoms with Gasteiger partial charge in [-0.2, -0.15) is 0 Å². The van der Waals surface area contributed by atoms with E-state index in [1.54, 1.807) is 27.9 Å². The SMILES string of the molecule is C=C[C@@H]1C[C@]1(NC(=O)[C@@H]1C[C@]2(OC)CN1C(=O)[C@H](C(C)(C)C)NC(=O)OCC/C=C\c1cc3cc2ccc3cc1OC)C(=O)NS(=O)(=O)C1CC1. The van der Waals surface area contributed by atoms with Gasteiger partial charge in [-0.05, 0) is 65.6 Å². The van der Waals surface area contributed by atoms with Gasteiger partial charge in [0.2, 0.25) is 21.8 Å².